The summed E-state index contributed by atoms with van der Waals surface area (Å²) < 4.78 is 25.6. The highest BCUT2D eigenvalue weighted by Gasteiger charge is 2.27. The van der Waals surface area contributed by atoms with E-state index in [-0.39, 0.29) is 15.1 Å². The van der Waals surface area contributed by atoms with Gasteiger partial charge in [-0.2, -0.15) is 5.26 Å². The van der Waals surface area contributed by atoms with Crippen molar-refractivity contribution in [3.05, 3.63) is 20.5 Å². The molecule has 1 N–H and O–H groups in total. The van der Waals surface area contributed by atoms with Crippen LogP contribution in [-0.4, -0.2) is 19.9 Å². The second-order valence-corrected chi connectivity index (χ2v) is 7.95. The van der Waals surface area contributed by atoms with E-state index < -0.39 is 26.0 Å². The molecule has 0 saturated carbocycles. The van der Waals surface area contributed by atoms with Crippen LogP contribution in [0.5, 0.6) is 0 Å². The van der Waals surface area contributed by atoms with E-state index in [4.69, 9.17) is 16.9 Å². The highest BCUT2D eigenvalue weighted by atomic mass is 35.5. The second-order valence-electron chi connectivity index (χ2n) is 4.30. The molecule has 0 aliphatic heterocycles. The van der Waals surface area contributed by atoms with E-state index >= 15 is 0 Å². The fraction of sp³-hybridized carbons (Fsp3) is 0.444. The van der Waals surface area contributed by atoms with E-state index in [2.05, 4.69) is 4.72 Å². The normalized spacial score (nSPS) is 12.1. The molecule has 0 aliphatic rings. The Bertz CT molecular complexity index is 645. The fourth-order valence-electron chi connectivity index (χ4n) is 0.981. The molecule has 10 heteroatoms. The van der Waals surface area contributed by atoms with Crippen molar-refractivity contribution in [1.82, 2.24) is 4.72 Å². The van der Waals surface area contributed by atoms with Crippen molar-refractivity contribution >= 4 is 38.6 Å². The molecule has 0 amide bonds. The van der Waals surface area contributed by atoms with Gasteiger partial charge in [0.2, 0.25) is 10.0 Å². The molecule has 0 spiro atoms. The maximum absolute atomic E-state index is 11.9. The van der Waals surface area contributed by atoms with E-state index in [1.54, 1.807) is 13.8 Å². The van der Waals surface area contributed by atoms with Gasteiger partial charge in [-0.1, -0.05) is 11.6 Å². The second kappa shape index (κ2) is 5.42. The maximum atomic E-state index is 11.9. The van der Waals surface area contributed by atoms with Crippen LogP contribution in [0.3, 0.4) is 0 Å². The first kappa shape index (κ1) is 15.8. The summed E-state index contributed by atoms with van der Waals surface area (Å²) in [4.78, 5) is 9.84. The van der Waals surface area contributed by atoms with Crippen molar-refractivity contribution < 1.29 is 13.3 Å². The van der Waals surface area contributed by atoms with Gasteiger partial charge in [0.1, 0.15) is 4.21 Å². The van der Waals surface area contributed by atoms with E-state index in [0.717, 1.165) is 6.07 Å². The van der Waals surface area contributed by atoms with Gasteiger partial charge in [0.25, 0.3) is 5.69 Å². The van der Waals surface area contributed by atoms with Crippen LogP contribution in [-0.2, 0) is 10.0 Å². The average Bonchev–Trinajstić information content (AvgIpc) is 2.70. The Morgan fingerprint density at radius 1 is 1.63 bits per heavy atom. The summed E-state index contributed by atoms with van der Waals surface area (Å²) in [5.41, 5.74) is -1.33. The summed E-state index contributed by atoms with van der Waals surface area (Å²) in [7, 11) is -3.91. The minimum atomic E-state index is -3.91. The Morgan fingerprint density at radius 3 is 2.63 bits per heavy atom. The van der Waals surface area contributed by atoms with Gasteiger partial charge in [-0.25, -0.2) is 13.1 Å². The van der Waals surface area contributed by atoms with Gasteiger partial charge in [-0.05, 0) is 13.8 Å². The number of thiophene rings is 1. The topological polar surface area (TPSA) is 113 Å². The lowest BCUT2D eigenvalue weighted by atomic mass is 9.97. The fourth-order valence-corrected chi connectivity index (χ4v) is 3.90. The number of hydrogen-bond donors (Lipinski definition) is 1. The van der Waals surface area contributed by atoms with Crippen molar-refractivity contribution in [3.63, 3.8) is 0 Å². The summed E-state index contributed by atoms with van der Waals surface area (Å²) in [6.45, 7) is 3.04. The average molecular weight is 324 g/mol. The number of halogens is 1. The van der Waals surface area contributed by atoms with E-state index in [0.29, 0.717) is 11.3 Å². The van der Waals surface area contributed by atoms with Crippen LogP contribution < -0.4 is 4.72 Å². The molecule has 0 atom stereocenters. The Morgan fingerprint density at radius 2 is 2.21 bits per heavy atom. The van der Waals surface area contributed by atoms with Crippen molar-refractivity contribution in [1.29, 1.82) is 5.26 Å². The summed E-state index contributed by atoms with van der Waals surface area (Å²) >= 11 is 6.19. The first-order chi connectivity index (χ1) is 8.59. The number of nitriles is 1. The first-order valence-electron chi connectivity index (χ1n) is 4.94. The van der Waals surface area contributed by atoms with Crippen LogP contribution >= 0.6 is 22.9 Å². The third-order valence-electron chi connectivity index (χ3n) is 2.11. The third kappa shape index (κ3) is 3.87. The SMILES string of the molecule is CC(C)(C#N)CNS(=O)(=O)c1cc([N+](=O)[O-])c(Cl)s1. The van der Waals surface area contributed by atoms with E-state index in [1.807, 2.05) is 6.07 Å². The van der Waals surface area contributed by atoms with Crippen LogP contribution in [0.15, 0.2) is 10.3 Å². The van der Waals surface area contributed by atoms with Crippen molar-refractivity contribution in [2.75, 3.05) is 6.54 Å². The van der Waals surface area contributed by atoms with E-state index in [1.165, 1.54) is 0 Å². The van der Waals surface area contributed by atoms with Gasteiger partial charge >= 0.3 is 0 Å². The Hall–Kier alpha value is -1.21. The lowest BCUT2D eigenvalue weighted by molar-refractivity contribution is -0.384. The molecule has 0 bridgehead atoms. The molecule has 1 aromatic heterocycles. The summed E-state index contributed by atoms with van der Waals surface area (Å²) in [6.07, 6.45) is 0. The molecule has 0 radical (unpaired) electrons. The Labute approximate surface area is 119 Å². The van der Waals surface area contributed by atoms with Crippen molar-refractivity contribution in [2.45, 2.75) is 18.1 Å². The molecule has 19 heavy (non-hydrogen) atoms. The number of hydrogen-bond acceptors (Lipinski definition) is 6. The lowest BCUT2D eigenvalue weighted by Gasteiger charge is -2.15. The van der Waals surface area contributed by atoms with Gasteiger partial charge < -0.3 is 0 Å². The van der Waals surface area contributed by atoms with Crippen LogP contribution in [0, 0.1) is 26.9 Å². The van der Waals surface area contributed by atoms with E-state index in [9.17, 15) is 18.5 Å². The number of sulfonamides is 1. The standard InChI is InChI=1S/C9H10ClN3O4S2/c1-9(2,4-11)5-12-19(16,17)7-3-6(13(14)15)8(10)18-7/h3,12H,5H2,1-2H3. The largest absolute Gasteiger partial charge is 0.300 e. The molecule has 0 fully saturated rings. The van der Waals surface area contributed by atoms with Gasteiger partial charge in [0, 0.05) is 12.6 Å². The molecule has 1 rings (SSSR count). The molecule has 0 aromatic carbocycles. The molecule has 1 heterocycles. The third-order valence-corrected chi connectivity index (χ3v) is 5.33. The molecule has 7 nitrogen and oxygen atoms in total. The molecular formula is C9H10ClN3O4S2. The number of nitro groups is 1. The van der Waals surface area contributed by atoms with Crippen molar-refractivity contribution in [3.8, 4) is 6.07 Å². The minimum absolute atomic E-state index is 0.102. The number of nitrogens with zero attached hydrogens (tertiary/aromatic N) is 2. The monoisotopic (exact) mass is 323 g/mol. The molecule has 104 valence electrons. The quantitative estimate of drug-likeness (QED) is 0.658. The van der Waals surface area contributed by atoms with Crippen molar-refractivity contribution in [2.24, 2.45) is 5.41 Å². The zero-order valence-electron chi connectivity index (χ0n) is 10.0. The van der Waals surface area contributed by atoms with Gasteiger partial charge in [-0.3, -0.25) is 10.1 Å². The molecular weight excluding hydrogens is 314 g/mol. The summed E-state index contributed by atoms with van der Waals surface area (Å²) in [5.74, 6) is 0. The van der Waals surface area contributed by atoms with Gasteiger partial charge in [0.05, 0.1) is 16.4 Å². The molecule has 1 aromatic rings. The van der Waals surface area contributed by atoms with Crippen LogP contribution in [0.25, 0.3) is 0 Å². The van der Waals surface area contributed by atoms with Crippen LogP contribution in [0.4, 0.5) is 5.69 Å². The number of rotatable bonds is 5. The first-order valence-corrected chi connectivity index (χ1v) is 7.61. The predicted octanol–water partition coefficient (Wildman–Crippen LogP) is 2.14. The van der Waals surface area contributed by atoms with Crippen LogP contribution in [0.1, 0.15) is 13.8 Å². The highest BCUT2D eigenvalue weighted by Crippen LogP contribution is 2.36. The van der Waals surface area contributed by atoms with Gasteiger partial charge in [-0.15, -0.1) is 11.3 Å². The zero-order valence-corrected chi connectivity index (χ0v) is 12.4. The Kier molecular flexibility index (Phi) is 4.52. The zero-order chi connectivity index (χ0) is 14.8. The maximum Gasteiger partial charge on any atom is 0.300 e. The summed E-state index contributed by atoms with van der Waals surface area (Å²) in [6, 6.07) is 2.84. The lowest BCUT2D eigenvalue weighted by Crippen LogP contribution is -2.32. The molecule has 0 aliphatic carbocycles. The Balaban J connectivity index is 3.00. The smallest absolute Gasteiger partial charge is 0.258 e. The highest BCUT2D eigenvalue weighted by molar-refractivity contribution is 7.91. The van der Waals surface area contributed by atoms with Gasteiger partial charge in [0.15, 0.2) is 4.34 Å². The number of nitrogens with one attached hydrogen (secondary N) is 1. The summed E-state index contributed by atoms with van der Waals surface area (Å²) in [5, 5.41) is 19.4. The predicted molar refractivity (Wildman–Crippen MR) is 70.6 cm³/mol. The minimum Gasteiger partial charge on any atom is -0.258 e. The molecule has 0 unspecified atom stereocenters. The van der Waals surface area contributed by atoms with Crippen LogP contribution in [0.2, 0.25) is 4.34 Å². The molecule has 0 saturated heterocycles.